The average Bonchev–Trinajstić information content (AvgIpc) is 2.65. The monoisotopic (exact) mass is 390 g/mol. The van der Waals surface area contributed by atoms with Crippen molar-refractivity contribution in [2.24, 2.45) is 29.1 Å². The molecular weight excluding hydrogens is 356 g/mol. The van der Waals surface area contributed by atoms with Gasteiger partial charge < -0.3 is 15.4 Å². The molecule has 156 valence electrons. The highest BCUT2D eigenvalue weighted by molar-refractivity contribution is 5.87. The van der Waals surface area contributed by atoms with Crippen LogP contribution in [0.3, 0.4) is 0 Å². The predicted octanol–water partition coefficient (Wildman–Crippen LogP) is 2.56. The third-order valence-corrected chi connectivity index (χ3v) is 7.74. The van der Waals surface area contributed by atoms with Gasteiger partial charge in [-0.2, -0.15) is 0 Å². The van der Waals surface area contributed by atoms with Crippen molar-refractivity contribution in [1.29, 1.82) is 0 Å². The molecular formula is C22H34N2O4. The summed E-state index contributed by atoms with van der Waals surface area (Å²) in [6.07, 6.45) is 11.2. The molecule has 0 heterocycles. The van der Waals surface area contributed by atoms with Gasteiger partial charge in [0.25, 0.3) is 5.91 Å². The Bertz CT molecular complexity index is 597. The Morgan fingerprint density at radius 2 is 1.57 bits per heavy atom. The number of carbonyl (C=O) groups excluding carboxylic acids is 3. The van der Waals surface area contributed by atoms with E-state index in [2.05, 4.69) is 17.6 Å². The van der Waals surface area contributed by atoms with E-state index in [9.17, 15) is 14.4 Å². The molecule has 5 fully saturated rings. The van der Waals surface area contributed by atoms with Crippen LogP contribution in [0.1, 0.15) is 71.1 Å². The molecule has 2 N–H and O–H groups in total. The lowest BCUT2D eigenvalue weighted by atomic mass is 9.49. The second-order valence-corrected chi connectivity index (χ2v) is 9.98. The van der Waals surface area contributed by atoms with Crippen LogP contribution in [-0.2, 0) is 19.1 Å². The summed E-state index contributed by atoms with van der Waals surface area (Å²) in [4.78, 5) is 36.9. The topological polar surface area (TPSA) is 84.5 Å². The summed E-state index contributed by atoms with van der Waals surface area (Å²) in [5, 5.41) is 5.78. The number of amides is 2. The summed E-state index contributed by atoms with van der Waals surface area (Å²) in [6.45, 7) is 1.74. The second kappa shape index (κ2) is 8.03. The molecule has 5 aliphatic rings. The summed E-state index contributed by atoms with van der Waals surface area (Å²) < 4.78 is 5.08. The highest BCUT2D eigenvalue weighted by atomic mass is 16.5. The van der Waals surface area contributed by atoms with Gasteiger partial charge in [0.1, 0.15) is 6.54 Å². The number of hydrogen-bond acceptors (Lipinski definition) is 4. The highest BCUT2D eigenvalue weighted by Crippen LogP contribution is 2.60. The first-order chi connectivity index (χ1) is 13.4. The molecule has 0 saturated heterocycles. The van der Waals surface area contributed by atoms with E-state index in [1.54, 1.807) is 0 Å². The van der Waals surface area contributed by atoms with E-state index in [1.165, 1.54) is 25.7 Å². The van der Waals surface area contributed by atoms with Crippen LogP contribution in [0.15, 0.2) is 0 Å². The lowest BCUT2D eigenvalue weighted by Gasteiger charge is -2.55. The van der Waals surface area contributed by atoms with Crippen molar-refractivity contribution in [1.82, 2.24) is 10.6 Å². The second-order valence-electron chi connectivity index (χ2n) is 9.98. The molecule has 5 aliphatic carbocycles. The molecule has 6 heteroatoms. The molecule has 5 saturated carbocycles. The Kier molecular flexibility index (Phi) is 5.66. The zero-order valence-corrected chi connectivity index (χ0v) is 17.0. The van der Waals surface area contributed by atoms with Crippen molar-refractivity contribution in [3.8, 4) is 0 Å². The standard InChI is InChI=1S/C22H34N2O4/c1-14-4-2-3-5-18(14)24-19(25)13-28-20(26)12-23-21(27)22-9-15-6-16(10-22)8-17(7-15)11-22/h14-18H,2-13H2,1H3,(H,23,27)(H,24,25). The first kappa shape index (κ1) is 19.7. The van der Waals surface area contributed by atoms with Crippen molar-refractivity contribution in [2.75, 3.05) is 13.2 Å². The maximum Gasteiger partial charge on any atom is 0.325 e. The average molecular weight is 391 g/mol. The van der Waals surface area contributed by atoms with Crippen molar-refractivity contribution in [2.45, 2.75) is 77.2 Å². The molecule has 0 spiro atoms. The largest absolute Gasteiger partial charge is 0.454 e. The summed E-state index contributed by atoms with van der Waals surface area (Å²) in [5.74, 6) is 1.76. The molecule has 0 aromatic rings. The molecule has 2 unspecified atom stereocenters. The maximum absolute atomic E-state index is 12.8. The van der Waals surface area contributed by atoms with Crippen LogP contribution in [0.25, 0.3) is 0 Å². The first-order valence-corrected chi connectivity index (χ1v) is 11.2. The summed E-state index contributed by atoms with van der Waals surface area (Å²) in [6, 6.07) is 0.177. The van der Waals surface area contributed by atoms with Crippen molar-refractivity contribution >= 4 is 17.8 Å². The summed E-state index contributed by atoms with van der Waals surface area (Å²) in [7, 11) is 0. The number of rotatable bonds is 6. The fraction of sp³-hybridized carbons (Fsp3) is 0.864. The van der Waals surface area contributed by atoms with Crippen LogP contribution in [0, 0.1) is 29.1 Å². The number of esters is 1. The van der Waals surface area contributed by atoms with Crippen molar-refractivity contribution in [3.05, 3.63) is 0 Å². The fourth-order valence-corrected chi connectivity index (χ4v) is 6.70. The SMILES string of the molecule is CC1CCCCC1NC(=O)COC(=O)CNC(=O)C12CC3CC(CC(C3)C1)C2. The summed E-state index contributed by atoms with van der Waals surface area (Å²) in [5.41, 5.74) is -0.260. The van der Waals surface area contributed by atoms with Gasteiger partial charge in [-0.25, -0.2) is 0 Å². The molecule has 2 atom stereocenters. The van der Waals surface area contributed by atoms with E-state index in [4.69, 9.17) is 4.74 Å². The lowest BCUT2D eigenvalue weighted by molar-refractivity contribution is -0.152. The van der Waals surface area contributed by atoms with E-state index < -0.39 is 5.97 Å². The molecule has 2 amide bonds. The molecule has 5 rings (SSSR count). The van der Waals surface area contributed by atoms with Crippen LogP contribution in [-0.4, -0.2) is 37.0 Å². The molecule has 6 nitrogen and oxygen atoms in total. The zero-order chi connectivity index (χ0) is 19.7. The molecule has 0 aromatic heterocycles. The number of ether oxygens (including phenoxy) is 1. The highest BCUT2D eigenvalue weighted by Gasteiger charge is 2.54. The summed E-state index contributed by atoms with van der Waals surface area (Å²) >= 11 is 0. The number of hydrogen-bond donors (Lipinski definition) is 2. The third-order valence-electron chi connectivity index (χ3n) is 7.74. The van der Waals surface area contributed by atoms with E-state index in [0.717, 1.165) is 38.5 Å². The molecule has 0 aliphatic heterocycles. The van der Waals surface area contributed by atoms with Gasteiger partial charge in [-0.3, -0.25) is 14.4 Å². The van der Waals surface area contributed by atoms with Gasteiger partial charge >= 0.3 is 5.97 Å². The molecule has 28 heavy (non-hydrogen) atoms. The van der Waals surface area contributed by atoms with Crippen LogP contribution < -0.4 is 10.6 Å². The van der Waals surface area contributed by atoms with E-state index in [-0.39, 0.29) is 36.4 Å². The Balaban J connectivity index is 1.18. The lowest BCUT2D eigenvalue weighted by Crippen LogP contribution is -2.54. The van der Waals surface area contributed by atoms with Crippen LogP contribution >= 0.6 is 0 Å². The molecule has 0 aromatic carbocycles. The Morgan fingerprint density at radius 3 is 2.18 bits per heavy atom. The van der Waals surface area contributed by atoms with E-state index in [0.29, 0.717) is 23.7 Å². The van der Waals surface area contributed by atoms with E-state index >= 15 is 0 Å². The van der Waals surface area contributed by atoms with Crippen LogP contribution in [0.4, 0.5) is 0 Å². The van der Waals surface area contributed by atoms with Crippen LogP contribution in [0.2, 0.25) is 0 Å². The van der Waals surface area contributed by atoms with Crippen molar-refractivity contribution in [3.63, 3.8) is 0 Å². The van der Waals surface area contributed by atoms with E-state index in [1.807, 2.05) is 0 Å². The first-order valence-electron chi connectivity index (χ1n) is 11.2. The van der Waals surface area contributed by atoms with Gasteiger partial charge in [-0.15, -0.1) is 0 Å². The van der Waals surface area contributed by atoms with Gasteiger partial charge in [-0.05, 0) is 75.0 Å². The minimum absolute atomic E-state index is 0.0176. The number of nitrogens with one attached hydrogen (secondary N) is 2. The fourth-order valence-electron chi connectivity index (χ4n) is 6.70. The Morgan fingerprint density at radius 1 is 0.964 bits per heavy atom. The zero-order valence-electron chi connectivity index (χ0n) is 17.0. The smallest absolute Gasteiger partial charge is 0.325 e. The Labute approximate surface area is 167 Å². The molecule has 4 bridgehead atoms. The van der Waals surface area contributed by atoms with Gasteiger partial charge in [0.15, 0.2) is 6.61 Å². The quantitative estimate of drug-likeness (QED) is 0.683. The predicted molar refractivity (Wildman–Crippen MR) is 104 cm³/mol. The normalized spacial score (nSPS) is 38.7. The van der Waals surface area contributed by atoms with Crippen molar-refractivity contribution < 1.29 is 19.1 Å². The minimum atomic E-state index is -0.537. The maximum atomic E-state index is 12.8. The van der Waals surface area contributed by atoms with Gasteiger partial charge in [-0.1, -0.05) is 19.8 Å². The Hall–Kier alpha value is -1.59. The molecule has 0 radical (unpaired) electrons. The van der Waals surface area contributed by atoms with Gasteiger partial charge in [0.2, 0.25) is 5.91 Å². The van der Waals surface area contributed by atoms with Crippen LogP contribution in [0.5, 0.6) is 0 Å². The van der Waals surface area contributed by atoms with Gasteiger partial charge in [0.05, 0.1) is 0 Å². The number of carbonyl (C=O) groups is 3. The van der Waals surface area contributed by atoms with Gasteiger partial charge in [0, 0.05) is 11.5 Å². The third kappa shape index (κ3) is 4.20. The minimum Gasteiger partial charge on any atom is -0.454 e.